The number of benzene rings is 8. The van der Waals surface area contributed by atoms with Gasteiger partial charge >= 0.3 is 0 Å². The van der Waals surface area contributed by atoms with E-state index in [4.69, 9.17) is 12.6 Å². The van der Waals surface area contributed by atoms with Gasteiger partial charge in [-0.25, -0.2) is 0 Å². The number of hydrogen-bond acceptors (Lipinski definition) is 1. The highest BCUT2D eigenvalue weighted by Gasteiger charge is 2.19. The van der Waals surface area contributed by atoms with Gasteiger partial charge in [-0.1, -0.05) is 139 Å². The van der Waals surface area contributed by atoms with Gasteiger partial charge in [0, 0.05) is 16.2 Å². The van der Waals surface area contributed by atoms with Gasteiger partial charge in [-0.3, -0.25) is 0 Å². The summed E-state index contributed by atoms with van der Waals surface area (Å²) in [7, 11) is 0. The Balaban J connectivity index is 1.36. The van der Waals surface area contributed by atoms with E-state index in [2.05, 4.69) is 97.1 Å². The predicted octanol–water partition coefficient (Wildman–Crippen LogP) is 12.0. The van der Waals surface area contributed by atoms with Crippen molar-refractivity contribution in [3.63, 3.8) is 0 Å². The second-order valence-corrected chi connectivity index (χ2v) is 10.8. The minimum Gasteiger partial charge on any atom is -0.455 e. The van der Waals surface area contributed by atoms with E-state index in [1.807, 2.05) is 24.3 Å². The predicted molar refractivity (Wildman–Crippen MR) is 183 cm³/mol. The molecule has 0 spiro atoms. The van der Waals surface area contributed by atoms with Crippen LogP contribution in [0.3, 0.4) is 0 Å². The lowest BCUT2D eigenvalue weighted by Gasteiger charge is -2.19. The first-order chi connectivity index (χ1) is 23.8. The molecule has 43 heavy (non-hydrogen) atoms. The largest absolute Gasteiger partial charge is 0.455 e. The lowest BCUT2D eigenvalue weighted by Crippen LogP contribution is -1.92. The average Bonchev–Trinajstić information content (AvgIpc) is 3.52. The van der Waals surface area contributed by atoms with Crippen molar-refractivity contribution in [3.8, 4) is 33.4 Å². The van der Waals surface area contributed by atoms with E-state index in [9.17, 15) is 0 Å². The first kappa shape index (κ1) is 18.7. The fourth-order valence-electron chi connectivity index (χ4n) is 6.55. The van der Waals surface area contributed by atoms with Crippen LogP contribution in [0.15, 0.2) is 162 Å². The molecule has 1 aromatic heterocycles. The molecule has 200 valence electrons. The van der Waals surface area contributed by atoms with E-state index < -0.39 is 12.1 Å². The average molecular weight is 553 g/mol. The molecule has 8 aromatic carbocycles. The monoisotopic (exact) mass is 552 g/mol. The standard InChI is InChI=1S/C42H26O/c1-2-12-27(13-3-1)30-15-6-7-17-33(30)41-36-20-10-8-18-34(36)40(35-19-9-11-21-37(35)41)29-23-24-32-38-25-22-28-14-4-5-16-31(28)42(38)43-39(32)26-29/h1-26H/i4D,5D,14D,16D,22D,25D. The molecule has 0 amide bonds. The summed E-state index contributed by atoms with van der Waals surface area (Å²) in [6, 6.07) is 39.8. The normalized spacial score (nSPS) is 13.7. The van der Waals surface area contributed by atoms with E-state index in [0.29, 0.717) is 16.4 Å². The molecule has 0 fully saturated rings. The molecule has 9 aromatic rings. The highest BCUT2D eigenvalue weighted by atomic mass is 16.3. The maximum absolute atomic E-state index is 8.88. The Hall–Kier alpha value is -5.66. The molecule has 1 heterocycles. The van der Waals surface area contributed by atoms with Crippen molar-refractivity contribution >= 4 is 54.3 Å². The molecule has 0 saturated carbocycles. The van der Waals surface area contributed by atoms with E-state index in [-0.39, 0.29) is 40.5 Å². The number of furan rings is 1. The van der Waals surface area contributed by atoms with Gasteiger partial charge < -0.3 is 4.42 Å². The Morgan fingerprint density at radius 1 is 0.419 bits per heavy atom. The quantitative estimate of drug-likeness (QED) is 0.199. The Morgan fingerprint density at radius 2 is 1.05 bits per heavy atom. The highest BCUT2D eigenvalue weighted by molar-refractivity contribution is 6.23. The zero-order valence-corrected chi connectivity index (χ0v) is 23.0. The molecule has 1 nitrogen and oxygen atoms in total. The van der Waals surface area contributed by atoms with E-state index in [1.54, 1.807) is 0 Å². The van der Waals surface area contributed by atoms with Crippen molar-refractivity contribution in [2.24, 2.45) is 0 Å². The van der Waals surface area contributed by atoms with Gasteiger partial charge in [0.15, 0.2) is 0 Å². The number of rotatable bonds is 3. The maximum Gasteiger partial charge on any atom is 0.143 e. The van der Waals surface area contributed by atoms with Crippen LogP contribution in [0.4, 0.5) is 0 Å². The zero-order valence-electron chi connectivity index (χ0n) is 29.0. The minimum absolute atomic E-state index is 0.00820. The third-order valence-corrected chi connectivity index (χ3v) is 8.42. The van der Waals surface area contributed by atoms with Crippen LogP contribution in [0.5, 0.6) is 0 Å². The van der Waals surface area contributed by atoms with Crippen molar-refractivity contribution in [2.45, 2.75) is 0 Å². The van der Waals surface area contributed by atoms with Crippen LogP contribution in [0.1, 0.15) is 8.22 Å². The van der Waals surface area contributed by atoms with Gasteiger partial charge in [-0.2, -0.15) is 0 Å². The summed E-state index contributed by atoms with van der Waals surface area (Å²) in [6.45, 7) is 0. The van der Waals surface area contributed by atoms with E-state index in [1.165, 1.54) is 0 Å². The third kappa shape index (κ3) is 3.65. The molecule has 0 bridgehead atoms. The van der Waals surface area contributed by atoms with Crippen LogP contribution < -0.4 is 0 Å². The van der Waals surface area contributed by atoms with Gasteiger partial charge in [0.25, 0.3) is 0 Å². The van der Waals surface area contributed by atoms with Gasteiger partial charge in [0.2, 0.25) is 0 Å². The van der Waals surface area contributed by atoms with Gasteiger partial charge in [-0.15, -0.1) is 0 Å². The molecule has 0 N–H and O–H groups in total. The molecule has 0 unspecified atom stereocenters. The highest BCUT2D eigenvalue weighted by Crippen LogP contribution is 2.46. The summed E-state index contributed by atoms with van der Waals surface area (Å²) in [5.74, 6) is 0. The molecular formula is C42H26O. The second-order valence-electron chi connectivity index (χ2n) is 10.8. The summed E-state index contributed by atoms with van der Waals surface area (Å²) < 4.78 is 57.6. The smallest absolute Gasteiger partial charge is 0.143 e. The summed E-state index contributed by atoms with van der Waals surface area (Å²) in [5.41, 5.74) is 7.21. The van der Waals surface area contributed by atoms with Crippen molar-refractivity contribution in [3.05, 3.63) is 158 Å². The number of hydrogen-bond donors (Lipinski definition) is 0. The molecular weight excluding hydrogens is 520 g/mol. The Morgan fingerprint density at radius 3 is 1.79 bits per heavy atom. The second kappa shape index (κ2) is 9.44. The fraction of sp³-hybridized carbons (Fsp3) is 0. The molecule has 0 saturated heterocycles. The van der Waals surface area contributed by atoms with Crippen molar-refractivity contribution in [1.82, 2.24) is 0 Å². The van der Waals surface area contributed by atoms with Crippen molar-refractivity contribution < 1.29 is 12.6 Å². The summed E-state index contributed by atoms with van der Waals surface area (Å²) in [5, 5.41) is 5.47. The third-order valence-electron chi connectivity index (χ3n) is 8.42. The number of fused-ring (bicyclic) bond motifs is 7. The zero-order chi connectivity index (χ0) is 33.6. The van der Waals surface area contributed by atoms with Crippen LogP contribution in [-0.4, -0.2) is 0 Å². The van der Waals surface area contributed by atoms with Crippen LogP contribution >= 0.6 is 0 Å². The van der Waals surface area contributed by atoms with Gasteiger partial charge in [0.1, 0.15) is 11.2 Å². The Labute approximate surface area is 257 Å². The molecule has 9 rings (SSSR count). The molecule has 0 atom stereocenters. The van der Waals surface area contributed by atoms with Crippen LogP contribution in [-0.2, 0) is 0 Å². The minimum atomic E-state index is -0.434. The van der Waals surface area contributed by atoms with Crippen LogP contribution in [0.25, 0.3) is 87.6 Å². The van der Waals surface area contributed by atoms with Crippen LogP contribution in [0.2, 0.25) is 0 Å². The topological polar surface area (TPSA) is 13.1 Å². The first-order valence-electron chi connectivity index (χ1n) is 17.3. The van der Waals surface area contributed by atoms with Gasteiger partial charge in [0.05, 0.1) is 8.22 Å². The maximum atomic E-state index is 8.88. The summed E-state index contributed by atoms with van der Waals surface area (Å²) >= 11 is 0. The van der Waals surface area contributed by atoms with E-state index in [0.717, 1.165) is 54.9 Å². The molecule has 0 aliphatic rings. The lowest BCUT2D eigenvalue weighted by molar-refractivity contribution is 0.673. The molecule has 0 aliphatic heterocycles. The molecule has 0 radical (unpaired) electrons. The molecule has 0 aliphatic carbocycles. The molecule has 1 heteroatoms. The van der Waals surface area contributed by atoms with E-state index >= 15 is 0 Å². The van der Waals surface area contributed by atoms with Crippen LogP contribution in [0, 0.1) is 0 Å². The first-order valence-corrected chi connectivity index (χ1v) is 14.3. The van der Waals surface area contributed by atoms with Crippen molar-refractivity contribution in [2.75, 3.05) is 0 Å². The Bertz CT molecular complexity index is 2780. The lowest BCUT2D eigenvalue weighted by atomic mass is 9.84. The fourth-order valence-corrected chi connectivity index (χ4v) is 6.55. The Kier molecular flexibility index (Phi) is 4.11. The summed E-state index contributed by atoms with van der Waals surface area (Å²) in [4.78, 5) is 0. The van der Waals surface area contributed by atoms with Gasteiger partial charge in [-0.05, 0) is 78.5 Å². The summed E-state index contributed by atoms with van der Waals surface area (Å²) in [6.07, 6.45) is 0. The SMILES string of the molecule is [2H]c1c([2H])c([2H])c2c(c1[2H])c([2H])c([2H])c1c3ccc(-c4c5ccccc5c(-c5ccccc5-c5ccccc5)c5ccccc45)cc3oc21. The van der Waals surface area contributed by atoms with Crippen molar-refractivity contribution in [1.29, 1.82) is 0 Å².